The first-order valence-corrected chi connectivity index (χ1v) is 11.6. The lowest BCUT2D eigenvalue weighted by atomic mass is 9.72. The summed E-state index contributed by atoms with van der Waals surface area (Å²) in [5, 5.41) is 2.91. The van der Waals surface area contributed by atoms with E-state index in [0.717, 1.165) is 23.3 Å². The summed E-state index contributed by atoms with van der Waals surface area (Å²) in [6.45, 7) is 1.08. The Bertz CT molecular complexity index is 1130. The molecule has 1 N–H and O–H groups in total. The summed E-state index contributed by atoms with van der Waals surface area (Å²) in [5.41, 5.74) is 1.73. The van der Waals surface area contributed by atoms with Crippen LogP contribution in [0.1, 0.15) is 36.0 Å². The maximum Gasteiger partial charge on any atom is 0.231 e. The average Bonchev–Trinajstić information content (AvgIpc) is 2.89. The molecule has 1 aliphatic rings. The Kier molecular flexibility index (Phi) is 7.36. The fourth-order valence-corrected chi connectivity index (χ4v) is 4.60. The van der Waals surface area contributed by atoms with Crippen LogP contribution in [0.3, 0.4) is 0 Å². The van der Waals surface area contributed by atoms with Crippen molar-refractivity contribution < 1.29 is 18.4 Å². The molecule has 1 saturated heterocycles. The number of piperidine rings is 1. The highest BCUT2D eigenvalue weighted by atomic mass is 19.2. The second kappa shape index (κ2) is 10.6. The first-order valence-electron chi connectivity index (χ1n) is 11.6. The van der Waals surface area contributed by atoms with Crippen LogP contribution >= 0.6 is 0 Å². The van der Waals surface area contributed by atoms with Crippen molar-refractivity contribution in [2.45, 2.75) is 37.6 Å². The minimum atomic E-state index is -0.938. The summed E-state index contributed by atoms with van der Waals surface area (Å²) < 4.78 is 26.8. The molecule has 0 radical (unpaired) electrons. The van der Waals surface area contributed by atoms with Gasteiger partial charge in [0.1, 0.15) is 0 Å². The number of aryl methyl sites for hydroxylation is 1. The first-order chi connectivity index (χ1) is 16.5. The van der Waals surface area contributed by atoms with Gasteiger partial charge in [0.15, 0.2) is 11.6 Å². The highest BCUT2D eigenvalue weighted by molar-refractivity contribution is 5.89. The van der Waals surface area contributed by atoms with Crippen LogP contribution in [0.4, 0.5) is 8.78 Å². The molecule has 0 aliphatic carbocycles. The number of nitrogens with one attached hydrogen (secondary N) is 1. The maximum atomic E-state index is 13.6. The first kappa shape index (κ1) is 23.6. The summed E-state index contributed by atoms with van der Waals surface area (Å²) >= 11 is 0. The Morgan fingerprint density at radius 3 is 2.12 bits per heavy atom. The van der Waals surface area contributed by atoms with E-state index in [1.807, 2.05) is 65.6 Å². The van der Waals surface area contributed by atoms with E-state index in [1.165, 1.54) is 6.07 Å². The number of likely N-dealkylation sites (tertiary alicyclic amines) is 1. The summed E-state index contributed by atoms with van der Waals surface area (Å²) in [7, 11) is 0. The van der Waals surface area contributed by atoms with E-state index in [0.29, 0.717) is 44.3 Å². The highest BCUT2D eigenvalue weighted by Crippen LogP contribution is 2.36. The van der Waals surface area contributed by atoms with Crippen molar-refractivity contribution in [3.8, 4) is 0 Å². The quantitative estimate of drug-likeness (QED) is 0.550. The van der Waals surface area contributed by atoms with E-state index in [2.05, 4.69) is 5.32 Å². The number of halogens is 2. The van der Waals surface area contributed by atoms with Gasteiger partial charge in [-0.05, 0) is 48.1 Å². The Morgan fingerprint density at radius 1 is 0.824 bits per heavy atom. The van der Waals surface area contributed by atoms with Gasteiger partial charge in [0, 0.05) is 26.1 Å². The molecular formula is C28H28F2N2O2. The van der Waals surface area contributed by atoms with Gasteiger partial charge < -0.3 is 10.2 Å². The number of rotatable bonds is 7. The monoisotopic (exact) mass is 462 g/mol. The minimum Gasteiger partial charge on any atom is -0.351 e. The van der Waals surface area contributed by atoms with Gasteiger partial charge in [-0.25, -0.2) is 8.78 Å². The van der Waals surface area contributed by atoms with Crippen molar-refractivity contribution in [2.75, 3.05) is 13.1 Å². The van der Waals surface area contributed by atoms with E-state index < -0.39 is 17.0 Å². The summed E-state index contributed by atoms with van der Waals surface area (Å²) in [6.07, 6.45) is 2.12. The molecular weight excluding hydrogens is 434 g/mol. The molecule has 3 aromatic rings. The molecule has 2 amide bonds. The third-order valence-electron chi connectivity index (χ3n) is 6.64. The lowest BCUT2D eigenvalue weighted by Crippen LogP contribution is -2.52. The standard InChI is InChI=1S/C28H28F2N2O2/c29-24-13-11-22(19-25(24)30)20-31-27(34)28(23-9-5-2-6-10-23)15-17-32(18-16-28)26(33)14-12-21-7-3-1-4-8-21/h1-11,13,19H,12,14-18,20H2,(H,31,34). The van der Waals surface area contributed by atoms with Gasteiger partial charge in [-0.2, -0.15) is 0 Å². The molecule has 1 fully saturated rings. The highest BCUT2D eigenvalue weighted by Gasteiger charge is 2.43. The molecule has 0 saturated carbocycles. The largest absolute Gasteiger partial charge is 0.351 e. The molecule has 176 valence electrons. The molecule has 0 bridgehead atoms. The molecule has 0 aromatic heterocycles. The molecule has 0 spiro atoms. The zero-order valence-corrected chi connectivity index (χ0v) is 19.0. The fourth-order valence-electron chi connectivity index (χ4n) is 4.60. The van der Waals surface area contributed by atoms with E-state index >= 15 is 0 Å². The molecule has 34 heavy (non-hydrogen) atoms. The summed E-state index contributed by atoms with van der Waals surface area (Å²) in [5.74, 6) is -1.93. The van der Waals surface area contributed by atoms with Crippen molar-refractivity contribution >= 4 is 11.8 Å². The van der Waals surface area contributed by atoms with Gasteiger partial charge >= 0.3 is 0 Å². The Labute approximate surface area is 198 Å². The topological polar surface area (TPSA) is 49.4 Å². The Morgan fingerprint density at radius 2 is 1.47 bits per heavy atom. The van der Waals surface area contributed by atoms with Crippen LogP contribution in [-0.2, 0) is 28.0 Å². The van der Waals surface area contributed by atoms with Crippen LogP contribution < -0.4 is 5.32 Å². The van der Waals surface area contributed by atoms with Gasteiger partial charge in [-0.3, -0.25) is 9.59 Å². The van der Waals surface area contributed by atoms with Gasteiger partial charge in [-0.15, -0.1) is 0 Å². The number of nitrogens with zero attached hydrogens (tertiary/aromatic N) is 1. The lowest BCUT2D eigenvalue weighted by Gasteiger charge is -2.41. The van der Waals surface area contributed by atoms with Crippen molar-refractivity contribution in [3.05, 3.63) is 107 Å². The molecule has 0 atom stereocenters. The van der Waals surface area contributed by atoms with Crippen molar-refractivity contribution in [1.82, 2.24) is 10.2 Å². The smallest absolute Gasteiger partial charge is 0.231 e. The van der Waals surface area contributed by atoms with Gasteiger partial charge in [-0.1, -0.05) is 66.7 Å². The Balaban J connectivity index is 1.43. The molecule has 1 aliphatic heterocycles. The van der Waals surface area contributed by atoms with Crippen molar-refractivity contribution in [2.24, 2.45) is 0 Å². The van der Waals surface area contributed by atoms with Crippen LogP contribution in [-0.4, -0.2) is 29.8 Å². The number of hydrogen-bond acceptors (Lipinski definition) is 2. The second-order valence-corrected chi connectivity index (χ2v) is 8.75. The van der Waals surface area contributed by atoms with Crippen LogP contribution in [0.2, 0.25) is 0 Å². The van der Waals surface area contributed by atoms with E-state index in [-0.39, 0.29) is 18.4 Å². The van der Waals surface area contributed by atoms with Crippen LogP contribution in [0.25, 0.3) is 0 Å². The molecule has 0 unspecified atom stereocenters. The van der Waals surface area contributed by atoms with E-state index in [4.69, 9.17) is 0 Å². The predicted octanol–water partition coefficient (Wildman–Crippen LogP) is 4.77. The zero-order chi connectivity index (χ0) is 24.0. The zero-order valence-electron chi connectivity index (χ0n) is 19.0. The van der Waals surface area contributed by atoms with E-state index in [1.54, 1.807) is 0 Å². The Hall–Kier alpha value is -3.54. The molecule has 6 heteroatoms. The van der Waals surface area contributed by atoms with Crippen molar-refractivity contribution in [1.29, 1.82) is 0 Å². The molecule has 3 aromatic carbocycles. The van der Waals surface area contributed by atoms with Gasteiger partial charge in [0.05, 0.1) is 5.41 Å². The minimum absolute atomic E-state index is 0.0905. The van der Waals surface area contributed by atoms with Crippen LogP contribution in [0.15, 0.2) is 78.9 Å². The number of carbonyl (C=O) groups excluding carboxylic acids is 2. The third-order valence-corrected chi connectivity index (χ3v) is 6.64. The lowest BCUT2D eigenvalue weighted by molar-refractivity contribution is -0.137. The summed E-state index contributed by atoms with van der Waals surface area (Å²) in [4.78, 5) is 28.1. The third kappa shape index (κ3) is 5.33. The van der Waals surface area contributed by atoms with Gasteiger partial charge in [0.2, 0.25) is 11.8 Å². The number of benzene rings is 3. The normalized spacial score (nSPS) is 15.1. The second-order valence-electron chi connectivity index (χ2n) is 8.75. The molecule has 4 nitrogen and oxygen atoms in total. The summed E-state index contributed by atoms with van der Waals surface area (Å²) in [6, 6.07) is 23.1. The van der Waals surface area contributed by atoms with E-state index in [9.17, 15) is 18.4 Å². The fraction of sp³-hybridized carbons (Fsp3) is 0.286. The molecule has 1 heterocycles. The van der Waals surface area contributed by atoms with Crippen molar-refractivity contribution in [3.63, 3.8) is 0 Å². The maximum absolute atomic E-state index is 13.6. The number of amides is 2. The SMILES string of the molecule is O=C(CCc1ccccc1)N1CCC(C(=O)NCc2ccc(F)c(F)c2)(c2ccccc2)CC1. The number of carbonyl (C=O) groups is 2. The molecule has 4 rings (SSSR count). The van der Waals surface area contributed by atoms with Crippen LogP contribution in [0, 0.1) is 11.6 Å². The van der Waals surface area contributed by atoms with Gasteiger partial charge in [0.25, 0.3) is 0 Å². The average molecular weight is 463 g/mol. The van der Waals surface area contributed by atoms with Crippen LogP contribution in [0.5, 0.6) is 0 Å². The number of hydrogen-bond donors (Lipinski definition) is 1. The predicted molar refractivity (Wildman–Crippen MR) is 127 cm³/mol.